The van der Waals surface area contributed by atoms with Gasteiger partial charge in [-0.1, -0.05) is 6.92 Å². The van der Waals surface area contributed by atoms with Gasteiger partial charge in [-0.2, -0.15) is 0 Å². The lowest BCUT2D eigenvalue weighted by molar-refractivity contribution is 0.0688. The molecule has 0 aromatic carbocycles. The molecule has 1 fully saturated rings. The molecule has 1 aliphatic rings. The quantitative estimate of drug-likeness (QED) is 0.717. The molecule has 15 heavy (non-hydrogen) atoms. The Morgan fingerprint density at radius 2 is 2.33 bits per heavy atom. The molecule has 1 aromatic rings. The summed E-state index contributed by atoms with van der Waals surface area (Å²) in [6, 6.07) is 3.97. The summed E-state index contributed by atoms with van der Waals surface area (Å²) < 4.78 is 0. The minimum Gasteiger partial charge on any atom is -0.338 e. The van der Waals surface area contributed by atoms with Crippen molar-refractivity contribution in [2.75, 3.05) is 13.1 Å². The third kappa shape index (κ3) is 2.40. The van der Waals surface area contributed by atoms with Gasteiger partial charge in [-0.05, 0) is 37.8 Å². The molecule has 0 bridgehead atoms. The van der Waals surface area contributed by atoms with Crippen molar-refractivity contribution in [3.05, 3.63) is 21.9 Å². The molecule has 0 aliphatic carbocycles. The summed E-state index contributed by atoms with van der Waals surface area (Å²) >= 11 is 1.60. The number of hydrogen-bond donors (Lipinski definition) is 0. The van der Waals surface area contributed by atoms with Crippen LogP contribution in [0.5, 0.6) is 0 Å². The Bertz CT molecular complexity index is 358. The van der Waals surface area contributed by atoms with Crippen LogP contribution in [0.25, 0.3) is 0 Å². The standard InChI is InChI=1S/C12H17NOS/c1-9-4-3-7-13(8-9)12(14)11-6-5-10(2)15-11/h5-6,9H,3-4,7-8H2,1-2H3. The van der Waals surface area contributed by atoms with E-state index in [0.29, 0.717) is 5.92 Å². The number of hydrogen-bond acceptors (Lipinski definition) is 2. The van der Waals surface area contributed by atoms with E-state index in [1.54, 1.807) is 11.3 Å². The van der Waals surface area contributed by atoms with E-state index in [2.05, 4.69) is 6.92 Å². The average molecular weight is 223 g/mol. The molecule has 1 aliphatic heterocycles. The summed E-state index contributed by atoms with van der Waals surface area (Å²) in [7, 11) is 0. The molecule has 1 aromatic heterocycles. The third-order valence-corrected chi connectivity index (χ3v) is 3.88. The number of nitrogens with zero attached hydrogens (tertiary/aromatic N) is 1. The highest BCUT2D eigenvalue weighted by Gasteiger charge is 2.22. The average Bonchev–Trinajstić information content (AvgIpc) is 2.64. The molecule has 1 atom stereocenters. The van der Waals surface area contributed by atoms with E-state index in [-0.39, 0.29) is 5.91 Å². The zero-order valence-corrected chi connectivity index (χ0v) is 10.1. The number of amides is 1. The first-order valence-electron chi connectivity index (χ1n) is 5.52. The van der Waals surface area contributed by atoms with Crippen LogP contribution in [0.15, 0.2) is 12.1 Å². The Labute approximate surface area is 94.9 Å². The molecular formula is C12H17NOS. The molecule has 82 valence electrons. The minimum absolute atomic E-state index is 0.222. The van der Waals surface area contributed by atoms with Crippen molar-refractivity contribution < 1.29 is 4.79 Å². The van der Waals surface area contributed by atoms with E-state index < -0.39 is 0 Å². The lowest BCUT2D eigenvalue weighted by Gasteiger charge is -2.30. The van der Waals surface area contributed by atoms with Crippen LogP contribution in [-0.4, -0.2) is 23.9 Å². The molecule has 1 saturated heterocycles. The number of rotatable bonds is 1. The van der Waals surface area contributed by atoms with Crippen molar-refractivity contribution in [1.29, 1.82) is 0 Å². The summed E-state index contributed by atoms with van der Waals surface area (Å²) in [4.78, 5) is 16.2. The van der Waals surface area contributed by atoms with Gasteiger partial charge in [0.2, 0.25) is 0 Å². The largest absolute Gasteiger partial charge is 0.338 e. The molecule has 2 rings (SSSR count). The fourth-order valence-electron chi connectivity index (χ4n) is 2.08. The maximum atomic E-state index is 12.1. The van der Waals surface area contributed by atoms with Gasteiger partial charge in [0.1, 0.15) is 0 Å². The number of piperidine rings is 1. The lowest BCUT2D eigenvalue weighted by Crippen LogP contribution is -2.38. The van der Waals surface area contributed by atoms with Gasteiger partial charge >= 0.3 is 0 Å². The molecule has 0 radical (unpaired) electrons. The minimum atomic E-state index is 0.222. The van der Waals surface area contributed by atoms with Crippen molar-refractivity contribution in [2.45, 2.75) is 26.7 Å². The van der Waals surface area contributed by atoms with E-state index in [4.69, 9.17) is 0 Å². The van der Waals surface area contributed by atoms with E-state index in [0.717, 1.165) is 24.4 Å². The molecule has 0 N–H and O–H groups in total. The van der Waals surface area contributed by atoms with Gasteiger partial charge < -0.3 is 4.90 Å². The monoisotopic (exact) mass is 223 g/mol. The van der Waals surface area contributed by atoms with Gasteiger partial charge in [-0.3, -0.25) is 4.79 Å². The Morgan fingerprint density at radius 1 is 1.53 bits per heavy atom. The molecule has 3 heteroatoms. The topological polar surface area (TPSA) is 20.3 Å². The Hall–Kier alpha value is -0.830. The van der Waals surface area contributed by atoms with Crippen LogP contribution in [-0.2, 0) is 0 Å². The second-order valence-corrected chi connectivity index (χ2v) is 5.70. The highest BCUT2D eigenvalue weighted by molar-refractivity contribution is 7.13. The summed E-state index contributed by atoms with van der Waals surface area (Å²) in [6.07, 6.45) is 2.41. The van der Waals surface area contributed by atoms with E-state index in [9.17, 15) is 4.79 Å². The van der Waals surface area contributed by atoms with Crippen molar-refractivity contribution in [3.8, 4) is 0 Å². The van der Waals surface area contributed by atoms with Crippen molar-refractivity contribution >= 4 is 17.2 Å². The van der Waals surface area contributed by atoms with Crippen LogP contribution in [0.4, 0.5) is 0 Å². The lowest BCUT2D eigenvalue weighted by atomic mass is 10.0. The molecule has 0 saturated carbocycles. The molecule has 2 nitrogen and oxygen atoms in total. The maximum absolute atomic E-state index is 12.1. The van der Waals surface area contributed by atoms with Crippen LogP contribution in [0.1, 0.15) is 34.3 Å². The second-order valence-electron chi connectivity index (χ2n) is 4.41. The third-order valence-electron chi connectivity index (χ3n) is 2.90. The number of carbonyl (C=O) groups excluding carboxylic acids is 1. The first-order valence-corrected chi connectivity index (χ1v) is 6.34. The molecule has 2 heterocycles. The fraction of sp³-hybridized carbons (Fsp3) is 0.583. The predicted octanol–water partition coefficient (Wildman–Crippen LogP) is 2.93. The van der Waals surface area contributed by atoms with Gasteiger partial charge in [-0.15, -0.1) is 11.3 Å². The Morgan fingerprint density at radius 3 is 2.93 bits per heavy atom. The Balaban J connectivity index is 2.07. The highest BCUT2D eigenvalue weighted by Crippen LogP contribution is 2.21. The SMILES string of the molecule is Cc1ccc(C(=O)N2CCCC(C)C2)s1. The Kier molecular flexibility index (Phi) is 3.10. The fourth-order valence-corrected chi connectivity index (χ4v) is 2.91. The number of aryl methyl sites for hydroxylation is 1. The zero-order chi connectivity index (χ0) is 10.8. The van der Waals surface area contributed by atoms with Crippen LogP contribution in [0.2, 0.25) is 0 Å². The molecule has 1 amide bonds. The normalized spacial score (nSPS) is 21.7. The first-order chi connectivity index (χ1) is 7.16. The predicted molar refractivity (Wildman–Crippen MR) is 63.4 cm³/mol. The van der Waals surface area contributed by atoms with Crippen LogP contribution >= 0.6 is 11.3 Å². The van der Waals surface area contributed by atoms with Gasteiger partial charge in [0.25, 0.3) is 5.91 Å². The van der Waals surface area contributed by atoms with Gasteiger partial charge in [0.05, 0.1) is 4.88 Å². The van der Waals surface area contributed by atoms with Gasteiger partial charge in [-0.25, -0.2) is 0 Å². The summed E-state index contributed by atoms with van der Waals surface area (Å²) in [5.41, 5.74) is 0. The van der Waals surface area contributed by atoms with Crippen molar-refractivity contribution in [3.63, 3.8) is 0 Å². The molecular weight excluding hydrogens is 206 g/mol. The van der Waals surface area contributed by atoms with E-state index >= 15 is 0 Å². The highest BCUT2D eigenvalue weighted by atomic mass is 32.1. The maximum Gasteiger partial charge on any atom is 0.263 e. The molecule has 0 spiro atoms. The van der Waals surface area contributed by atoms with E-state index in [1.807, 2.05) is 24.0 Å². The van der Waals surface area contributed by atoms with Crippen LogP contribution in [0, 0.1) is 12.8 Å². The van der Waals surface area contributed by atoms with E-state index in [1.165, 1.54) is 11.3 Å². The smallest absolute Gasteiger partial charge is 0.263 e. The van der Waals surface area contributed by atoms with Crippen molar-refractivity contribution in [2.24, 2.45) is 5.92 Å². The number of thiophene rings is 1. The van der Waals surface area contributed by atoms with Crippen LogP contribution in [0.3, 0.4) is 0 Å². The molecule has 1 unspecified atom stereocenters. The van der Waals surface area contributed by atoms with Gasteiger partial charge in [0, 0.05) is 18.0 Å². The van der Waals surface area contributed by atoms with Crippen molar-refractivity contribution in [1.82, 2.24) is 4.90 Å². The number of likely N-dealkylation sites (tertiary alicyclic amines) is 1. The summed E-state index contributed by atoms with van der Waals surface area (Å²) in [5, 5.41) is 0. The number of carbonyl (C=O) groups is 1. The second kappa shape index (κ2) is 4.35. The van der Waals surface area contributed by atoms with Gasteiger partial charge in [0.15, 0.2) is 0 Å². The first kappa shape index (κ1) is 10.7. The van der Waals surface area contributed by atoms with Crippen LogP contribution < -0.4 is 0 Å². The summed E-state index contributed by atoms with van der Waals surface area (Å²) in [5.74, 6) is 0.878. The summed E-state index contributed by atoms with van der Waals surface area (Å²) in [6.45, 7) is 6.12. The zero-order valence-electron chi connectivity index (χ0n) is 9.32.